The molecule has 3 N–H and O–H groups in total. The summed E-state index contributed by atoms with van der Waals surface area (Å²) in [5.74, 6) is 0.868. The van der Waals surface area contributed by atoms with Crippen molar-refractivity contribution in [2.75, 3.05) is 11.1 Å². The molecule has 2 atom stereocenters. The molecule has 22 heavy (non-hydrogen) atoms. The van der Waals surface area contributed by atoms with E-state index in [2.05, 4.69) is 20.3 Å². The lowest BCUT2D eigenvalue weighted by atomic mass is 10.0. The van der Waals surface area contributed by atoms with Crippen molar-refractivity contribution in [1.29, 1.82) is 0 Å². The van der Waals surface area contributed by atoms with Gasteiger partial charge in [0, 0.05) is 5.02 Å². The molecule has 1 aliphatic rings. The monoisotopic (exact) mass is 321 g/mol. The van der Waals surface area contributed by atoms with Gasteiger partial charge in [0.1, 0.15) is 0 Å². The van der Waals surface area contributed by atoms with E-state index in [4.69, 9.17) is 17.3 Å². The third-order valence-electron chi connectivity index (χ3n) is 3.63. The number of hydrogen-bond donors (Lipinski definition) is 2. The minimum absolute atomic E-state index is 0.0163. The first-order valence-corrected chi connectivity index (χ1v) is 7.58. The summed E-state index contributed by atoms with van der Waals surface area (Å²) in [5.41, 5.74) is 6.73. The van der Waals surface area contributed by atoms with Crippen LogP contribution in [0.25, 0.3) is 0 Å². The maximum Gasteiger partial charge on any atom is 0.228 e. The van der Waals surface area contributed by atoms with E-state index in [0.717, 1.165) is 18.4 Å². The molecule has 1 aromatic heterocycles. The lowest BCUT2D eigenvalue weighted by Gasteiger charge is -2.19. The molecule has 2 aromatic rings. The molecule has 3 rings (SSSR count). The Morgan fingerprint density at radius 1 is 1.23 bits per heavy atom. The number of nitrogen functional groups attached to an aromatic ring is 1. The molecule has 1 aromatic carbocycles. The standard InChI is InChI=1S/C15H17ClFN5/c1-8(17)13-20-14(18)22-15(21-13)19-12(9-2-3-9)10-4-6-11(16)7-5-10/h4-9,12H,2-3H2,1H3,(H3,18,19,20,21,22). The molecule has 1 saturated carbocycles. The summed E-state index contributed by atoms with van der Waals surface area (Å²) >= 11 is 5.94. The van der Waals surface area contributed by atoms with Gasteiger partial charge in [0.05, 0.1) is 6.04 Å². The zero-order valence-electron chi connectivity index (χ0n) is 12.1. The SMILES string of the molecule is CC(F)c1nc(N)nc(NC(c2ccc(Cl)cc2)C2CC2)n1. The second-order valence-electron chi connectivity index (χ2n) is 5.50. The quantitative estimate of drug-likeness (QED) is 0.878. The van der Waals surface area contributed by atoms with E-state index in [0.29, 0.717) is 16.9 Å². The third-order valence-corrected chi connectivity index (χ3v) is 3.88. The van der Waals surface area contributed by atoms with Crippen molar-refractivity contribution < 1.29 is 4.39 Å². The van der Waals surface area contributed by atoms with Crippen LogP contribution in [0.4, 0.5) is 16.3 Å². The lowest BCUT2D eigenvalue weighted by molar-refractivity contribution is 0.356. The van der Waals surface area contributed by atoms with Gasteiger partial charge in [-0.2, -0.15) is 15.0 Å². The molecule has 0 radical (unpaired) electrons. The molecule has 5 nitrogen and oxygen atoms in total. The fourth-order valence-corrected chi connectivity index (χ4v) is 2.49. The minimum atomic E-state index is -1.29. The Bertz CT molecular complexity index is 657. The Kier molecular flexibility index (Phi) is 4.11. The van der Waals surface area contributed by atoms with E-state index >= 15 is 0 Å². The summed E-state index contributed by atoms with van der Waals surface area (Å²) in [6.45, 7) is 1.37. The maximum atomic E-state index is 13.4. The number of aromatic nitrogens is 3. The number of nitrogens with zero attached hydrogens (tertiary/aromatic N) is 3. The number of hydrogen-bond acceptors (Lipinski definition) is 5. The highest BCUT2D eigenvalue weighted by Gasteiger charge is 2.33. The number of rotatable bonds is 5. The second-order valence-corrected chi connectivity index (χ2v) is 5.94. The van der Waals surface area contributed by atoms with Gasteiger partial charge in [0.25, 0.3) is 0 Å². The van der Waals surface area contributed by atoms with Gasteiger partial charge in [0.15, 0.2) is 12.0 Å². The van der Waals surface area contributed by atoms with Crippen LogP contribution in [0.15, 0.2) is 24.3 Å². The highest BCUT2D eigenvalue weighted by Crippen LogP contribution is 2.42. The molecule has 0 bridgehead atoms. The van der Waals surface area contributed by atoms with Gasteiger partial charge in [-0.3, -0.25) is 0 Å². The van der Waals surface area contributed by atoms with Crippen LogP contribution in [-0.2, 0) is 0 Å². The lowest BCUT2D eigenvalue weighted by Crippen LogP contribution is -2.17. The topological polar surface area (TPSA) is 76.7 Å². The fourth-order valence-electron chi connectivity index (χ4n) is 2.36. The molecule has 0 aliphatic heterocycles. The van der Waals surface area contributed by atoms with Crippen molar-refractivity contribution >= 4 is 23.5 Å². The van der Waals surface area contributed by atoms with Gasteiger partial charge >= 0.3 is 0 Å². The first-order chi connectivity index (χ1) is 10.5. The molecule has 0 spiro atoms. The first-order valence-electron chi connectivity index (χ1n) is 7.20. The maximum absolute atomic E-state index is 13.4. The summed E-state index contributed by atoms with van der Waals surface area (Å²) in [6, 6.07) is 7.71. The predicted molar refractivity (Wildman–Crippen MR) is 84.3 cm³/mol. The van der Waals surface area contributed by atoms with E-state index < -0.39 is 6.17 Å². The van der Waals surface area contributed by atoms with Crippen LogP contribution in [0.3, 0.4) is 0 Å². The van der Waals surface area contributed by atoms with Gasteiger partial charge in [-0.05, 0) is 43.4 Å². The molecule has 0 saturated heterocycles. The average molecular weight is 322 g/mol. The summed E-state index contributed by atoms with van der Waals surface area (Å²) in [6.07, 6.45) is 0.973. The van der Waals surface area contributed by atoms with Gasteiger partial charge in [0.2, 0.25) is 11.9 Å². The van der Waals surface area contributed by atoms with E-state index in [-0.39, 0.29) is 17.8 Å². The number of alkyl halides is 1. The zero-order chi connectivity index (χ0) is 15.7. The number of nitrogens with two attached hydrogens (primary N) is 1. The highest BCUT2D eigenvalue weighted by atomic mass is 35.5. The second kappa shape index (κ2) is 6.04. The van der Waals surface area contributed by atoms with Crippen molar-refractivity contribution in [2.45, 2.75) is 32.0 Å². The molecule has 7 heteroatoms. The molecular formula is C15H17ClFN5. The fraction of sp³-hybridized carbons (Fsp3) is 0.400. The molecular weight excluding hydrogens is 305 g/mol. The Balaban J connectivity index is 1.87. The molecule has 116 valence electrons. The van der Waals surface area contributed by atoms with E-state index in [1.165, 1.54) is 6.92 Å². The van der Waals surface area contributed by atoms with E-state index in [9.17, 15) is 4.39 Å². The summed E-state index contributed by atoms with van der Waals surface area (Å²) in [4.78, 5) is 12.0. The largest absolute Gasteiger partial charge is 0.368 e. The summed E-state index contributed by atoms with van der Waals surface area (Å²) in [5, 5.41) is 3.95. The van der Waals surface area contributed by atoms with Crippen LogP contribution in [0.2, 0.25) is 5.02 Å². The molecule has 1 fully saturated rings. The van der Waals surface area contributed by atoms with Crippen LogP contribution in [-0.4, -0.2) is 15.0 Å². The molecule has 2 unspecified atom stereocenters. The molecule has 1 aliphatic carbocycles. The van der Waals surface area contributed by atoms with Gasteiger partial charge in [-0.25, -0.2) is 4.39 Å². The highest BCUT2D eigenvalue weighted by molar-refractivity contribution is 6.30. The summed E-state index contributed by atoms with van der Waals surface area (Å²) < 4.78 is 13.4. The van der Waals surface area contributed by atoms with Crippen molar-refractivity contribution in [3.05, 3.63) is 40.7 Å². The van der Waals surface area contributed by atoms with E-state index in [1.54, 1.807) is 0 Å². The summed E-state index contributed by atoms with van der Waals surface area (Å²) in [7, 11) is 0. The normalized spacial score (nSPS) is 17.0. The van der Waals surface area contributed by atoms with Crippen molar-refractivity contribution in [3.8, 4) is 0 Å². The molecule has 0 amide bonds. The van der Waals surface area contributed by atoms with Crippen molar-refractivity contribution in [3.63, 3.8) is 0 Å². The Hall–Kier alpha value is -1.95. The van der Waals surface area contributed by atoms with Crippen LogP contribution in [0.1, 0.15) is 43.4 Å². The Morgan fingerprint density at radius 3 is 2.50 bits per heavy atom. The first kappa shape index (κ1) is 15.0. The van der Waals surface area contributed by atoms with E-state index in [1.807, 2.05) is 24.3 Å². The van der Waals surface area contributed by atoms with Crippen molar-refractivity contribution in [2.24, 2.45) is 5.92 Å². The number of benzene rings is 1. The van der Waals surface area contributed by atoms with Gasteiger partial charge in [-0.15, -0.1) is 0 Å². The third kappa shape index (κ3) is 3.44. The average Bonchev–Trinajstić information content (AvgIpc) is 3.30. The number of anilines is 2. The smallest absolute Gasteiger partial charge is 0.228 e. The Morgan fingerprint density at radius 2 is 1.91 bits per heavy atom. The van der Waals surface area contributed by atoms with Crippen molar-refractivity contribution in [1.82, 2.24) is 15.0 Å². The Labute approximate surface area is 133 Å². The van der Waals surface area contributed by atoms with Crippen LogP contribution < -0.4 is 11.1 Å². The number of nitrogens with one attached hydrogen (secondary N) is 1. The molecule has 1 heterocycles. The predicted octanol–water partition coefficient (Wildman–Crippen LogP) is 3.70. The van der Waals surface area contributed by atoms with Gasteiger partial charge < -0.3 is 11.1 Å². The van der Waals surface area contributed by atoms with Crippen LogP contribution >= 0.6 is 11.6 Å². The number of halogens is 2. The van der Waals surface area contributed by atoms with Crippen LogP contribution in [0.5, 0.6) is 0 Å². The van der Waals surface area contributed by atoms with Crippen LogP contribution in [0, 0.1) is 5.92 Å². The van der Waals surface area contributed by atoms with Gasteiger partial charge in [-0.1, -0.05) is 23.7 Å². The minimum Gasteiger partial charge on any atom is -0.368 e. The zero-order valence-corrected chi connectivity index (χ0v) is 12.9.